The normalized spacial score (nSPS) is 12.4. The molecule has 2 aromatic rings. The third-order valence-corrected chi connectivity index (χ3v) is 4.87. The zero-order valence-electron chi connectivity index (χ0n) is 13.7. The van der Waals surface area contributed by atoms with Crippen molar-refractivity contribution in [3.05, 3.63) is 66.2 Å². The van der Waals surface area contributed by atoms with Crippen LogP contribution in [0.25, 0.3) is 0 Å². The van der Waals surface area contributed by atoms with E-state index in [-0.39, 0.29) is 10.7 Å². The highest BCUT2D eigenvalue weighted by Crippen LogP contribution is 2.10. The Morgan fingerprint density at radius 3 is 2.12 bits per heavy atom. The van der Waals surface area contributed by atoms with Gasteiger partial charge < -0.3 is 4.74 Å². The average molecular weight is 361 g/mol. The Balaban J connectivity index is 1.96. The van der Waals surface area contributed by atoms with Crippen LogP contribution in [0.4, 0.5) is 0 Å². The van der Waals surface area contributed by atoms with Gasteiger partial charge in [0.1, 0.15) is 6.54 Å². The zero-order valence-corrected chi connectivity index (χ0v) is 14.5. The van der Waals surface area contributed by atoms with E-state index in [1.807, 2.05) is 0 Å². The standard InChI is InChI=1S/C18H19NO5S/c1-2-16(18(21)14-9-5-3-6-10-14)24-17(20)13-19-25(22,23)15-11-7-4-8-12-15/h3-12,16,19H,2,13H2,1H3/t16-/m1/s1. The minimum Gasteiger partial charge on any atom is -0.453 e. The van der Waals surface area contributed by atoms with E-state index in [1.54, 1.807) is 55.5 Å². The molecule has 0 spiro atoms. The van der Waals surface area contributed by atoms with Gasteiger partial charge in [-0.1, -0.05) is 55.5 Å². The van der Waals surface area contributed by atoms with Crippen molar-refractivity contribution in [2.24, 2.45) is 0 Å². The van der Waals surface area contributed by atoms with E-state index >= 15 is 0 Å². The fraction of sp³-hybridized carbons (Fsp3) is 0.222. The second-order valence-electron chi connectivity index (χ2n) is 5.25. The van der Waals surface area contributed by atoms with Gasteiger partial charge in [-0.05, 0) is 18.6 Å². The highest BCUT2D eigenvalue weighted by atomic mass is 32.2. The molecule has 1 atom stereocenters. The molecule has 25 heavy (non-hydrogen) atoms. The summed E-state index contributed by atoms with van der Waals surface area (Å²) in [5, 5.41) is 0. The molecule has 0 aliphatic carbocycles. The van der Waals surface area contributed by atoms with E-state index in [9.17, 15) is 18.0 Å². The lowest BCUT2D eigenvalue weighted by Gasteiger charge is -2.15. The first-order valence-corrected chi connectivity index (χ1v) is 9.26. The summed E-state index contributed by atoms with van der Waals surface area (Å²) in [6, 6.07) is 16.2. The van der Waals surface area contributed by atoms with Crippen molar-refractivity contribution in [2.45, 2.75) is 24.3 Å². The Kier molecular flexibility index (Phi) is 6.44. The van der Waals surface area contributed by atoms with Gasteiger partial charge in [0.05, 0.1) is 4.90 Å². The van der Waals surface area contributed by atoms with Gasteiger partial charge >= 0.3 is 5.97 Å². The number of ether oxygens (including phenoxy) is 1. The number of ketones is 1. The van der Waals surface area contributed by atoms with Gasteiger partial charge in [0.25, 0.3) is 0 Å². The number of sulfonamides is 1. The molecule has 1 N–H and O–H groups in total. The zero-order chi connectivity index (χ0) is 18.3. The van der Waals surface area contributed by atoms with Crippen LogP contribution in [0, 0.1) is 0 Å². The molecule has 0 unspecified atom stereocenters. The van der Waals surface area contributed by atoms with Gasteiger partial charge in [0.15, 0.2) is 6.10 Å². The van der Waals surface area contributed by atoms with E-state index in [1.165, 1.54) is 12.1 Å². The Labute approximate surface area is 146 Å². The molecule has 0 amide bonds. The SMILES string of the molecule is CC[C@@H](OC(=O)CNS(=O)(=O)c1ccccc1)C(=O)c1ccccc1. The van der Waals surface area contributed by atoms with Crippen molar-refractivity contribution >= 4 is 21.8 Å². The van der Waals surface area contributed by atoms with Crippen LogP contribution < -0.4 is 4.72 Å². The number of hydrogen-bond donors (Lipinski definition) is 1. The summed E-state index contributed by atoms with van der Waals surface area (Å²) in [5.41, 5.74) is 0.437. The minimum absolute atomic E-state index is 0.0511. The third kappa shape index (κ3) is 5.23. The van der Waals surface area contributed by atoms with Crippen molar-refractivity contribution < 1.29 is 22.7 Å². The number of nitrogens with one attached hydrogen (secondary N) is 1. The van der Waals surface area contributed by atoms with E-state index in [2.05, 4.69) is 4.72 Å². The highest BCUT2D eigenvalue weighted by Gasteiger charge is 2.23. The van der Waals surface area contributed by atoms with Gasteiger partial charge in [-0.25, -0.2) is 8.42 Å². The molecule has 0 radical (unpaired) electrons. The first-order valence-electron chi connectivity index (χ1n) is 7.77. The van der Waals surface area contributed by atoms with Crippen molar-refractivity contribution in [2.75, 3.05) is 6.54 Å². The lowest BCUT2D eigenvalue weighted by atomic mass is 10.0. The van der Waals surface area contributed by atoms with Crippen LogP contribution >= 0.6 is 0 Å². The van der Waals surface area contributed by atoms with Crippen LogP contribution in [0.1, 0.15) is 23.7 Å². The lowest BCUT2D eigenvalue weighted by Crippen LogP contribution is -2.34. The fourth-order valence-corrected chi connectivity index (χ4v) is 3.14. The molecule has 0 aliphatic rings. The van der Waals surface area contributed by atoms with Crippen LogP contribution in [0.15, 0.2) is 65.6 Å². The second kappa shape index (κ2) is 8.55. The van der Waals surface area contributed by atoms with E-state index in [4.69, 9.17) is 4.74 Å². The molecule has 7 heteroatoms. The fourth-order valence-electron chi connectivity index (χ4n) is 2.15. The second-order valence-corrected chi connectivity index (χ2v) is 7.02. The van der Waals surface area contributed by atoms with Crippen molar-refractivity contribution in [1.82, 2.24) is 4.72 Å². The van der Waals surface area contributed by atoms with Crippen molar-refractivity contribution in [3.8, 4) is 0 Å². The Morgan fingerprint density at radius 1 is 1.00 bits per heavy atom. The number of carbonyl (C=O) groups excluding carboxylic acids is 2. The third-order valence-electron chi connectivity index (χ3n) is 3.46. The Morgan fingerprint density at radius 2 is 1.56 bits per heavy atom. The topological polar surface area (TPSA) is 89.5 Å². The summed E-state index contributed by atoms with van der Waals surface area (Å²) in [6.45, 7) is 1.17. The summed E-state index contributed by atoms with van der Waals surface area (Å²) in [5.74, 6) is -1.13. The van der Waals surface area contributed by atoms with Gasteiger partial charge in [0.2, 0.25) is 15.8 Å². The maximum atomic E-state index is 12.3. The van der Waals surface area contributed by atoms with E-state index in [0.717, 1.165) is 0 Å². The summed E-state index contributed by atoms with van der Waals surface area (Å²) in [4.78, 5) is 24.3. The van der Waals surface area contributed by atoms with Crippen LogP contribution in [0.5, 0.6) is 0 Å². The number of Topliss-reactive ketones (excluding diaryl/α,β-unsaturated/α-hetero) is 1. The maximum Gasteiger partial charge on any atom is 0.321 e. The van der Waals surface area contributed by atoms with Gasteiger partial charge in [-0.2, -0.15) is 4.72 Å². The van der Waals surface area contributed by atoms with Crippen LogP contribution in [-0.4, -0.2) is 32.8 Å². The molecule has 0 aliphatic heterocycles. The predicted molar refractivity (Wildman–Crippen MR) is 92.6 cm³/mol. The molecule has 0 saturated carbocycles. The molecule has 0 saturated heterocycles. The smallest absolute Gasteiger partial charge is 0.321 e. The van der Waals surface area contributed by atoms with Gasteiger partial charge in [-0.15, -0.1) is 0 Å². The molecular weight excluding hydrogens is 342 g/mol. The monoisotopic (exact) mass is 361 g/mol. The number of rotatable bonds is 8. The molecule has 0 bridgehead atoms. The number of carbonyl (C=O) groups is 2. The van der Waals surface area contributed by atoms with Gasteiger partial charge in [-0.3, -0.25) is 9.59 Å². The van der Waals surface area contributed by atoms with Crippen LogP contribution in [0.3, 0.4) is 0 Å². The van der Waals surface area contributed by atoms with Crippen LogP contribution in [0.2, 0.25) is 0 Å². The largest absolute Gasteiger partial charge is 0.453 e. The quantitative estimate of drug-likeness (QED) is 0.575. The average Bonchev–Trinajstić information content (AvgIpc) is 2.65. The van der Waals surface area contributed by atoms with Crippen LogP contribution in [-0.2, 0) is 19.6 Å². The maximum absolute atomic E-state index is 12.3. The Bertz CT molecular complexity index is 819. The summed E-state index contributed by atoms with van der Waals surface area (Å²) in [7, 11) is -3.81. The first-order chi connectivity index (χ1) is 11.9. The van der Waals surface area contributed by atoms with Crippen molar-refractivity contribution in [1.29, 1.82) is 0 Å². The van der Waals surface area contributed by atoms with Crippen molar-refractivity contribution in [3.63, 3.8) is 0 Å². The number of esters is 1. The molecule has 0 fully saturated rings. The Hall–Kier alpha value is -2.51. The predicted octanol–water partition coefficient (Wildman–Crippen LogP) is 2.17. The summed E-state index contributed by atoms with van der Waals surface area (Å²) < 4.78 is 31.4. The first kappa shape index (κ1) is 18.8. The molecule has 6 nitrogen and oxygen atoms in total. The minimum atomic E-state index is -3.81. The van der Waals surface area contributed by atoms with E-state index in [0.29, 0.717) is 12.0 Å². The molecule has 0 aromatic heterocycles. The van der Waals surface area contributed by atoms with E-state index < -0.39 is 28.6 Å². The molecule has 0 heterocycles. The molecule has 132 valence electrons. The molecular formula is C18H19NO5S. The highest BCUT2D eigenvalue weighted by molar-refractivity contribution is 7.89. The number of benzene rings is 2. The lowest BCUT2D eigenvalue weighted by molar-refractivity contribution is -0.145. The molecule has 2 rings (SSSR count). The number of hydrogen-bond acceptors (Lipinski definition) is 5. The summed E-state index contributed by atoms with van der Waals surface area (Å²) in [6.07, 6.45) is -0.651. The van der Waals surface area contributed by atoms with Gasteiger partial charge in [0, 0.05) is 5.56 Å². The summed E-state index contributed by atoms with van der Waals surface area (Å²) >= 11 is 0. The molecule has 2 aromatic carbocycles.